The van der Waals surface area contributed by atoms with Gasteiger partial charge in [-0.2, -0.15) is 0 Å². The Morgan fingerprint density at radius 2 is 1.71 bits per heavy atom. The largest absolute Gasteiger partial charge is 0.301 e. The summed E-state index contributed by atoms with van der Waals surface area (Å²) in [6.45, 7) is 1.90. The van der Waals surface area contributed by atoms with E-state index in [0.717, 1.165) is 16.0 Å². The fraction of sp³-hybridized carbons (Fsp3) is 0.0833. The Balaban J connectivity index is 1.30. The van der Waals surface area contributed by atoms with E-state index in [4.69, 9.17) is 23.2 Å². The highest BCUT2D eigenvalue weighted by Gasteiger charge is 2.14. The number of halogens is 2. The van der Waals surface area contributed by atoms with E-state index in [0.29, 0.717) is 26.6 Å². The van der Waals surface area contributed by atoms with Crippen molar-refractivity contribution in [2.75, 3.05) is 15.8 Å². The van der Waals surface area contributed by atoms with Gasteiger partial charge in [0.05, 0.1) is 26.4 Å². The molecular weight excluding hydrogens is 545 g/mol. The number of hydrogen-bond acceptors (Lipinski definition) is 6. The number of hydrogen-bond donors (Lipinski definition) is 2. The molecule has 4 rings (SSSR count). The van der Waals surface area contributed by atoms with Crippen molar-refractivity contribution in [3.8, 4) is 11.3 Å². The monoisotopic (exact) mass is 563 g/mol. The van der Waals surface area contributed by atoms with Gasteiger partial charge in [0, 0.05) is 21.5 Å². The highest BCUT2D eigenvalue weighted by molar-refractivity contribution is 8.00. The SMILES string of the molecule is Cc1ccc(S(=O)(=O)Nc2ccc(SCC(=O)Nc3nc(-c4ccc(Cl)c(Cl)c4)cs3)cc2)cc1. The molecule has 11 heteroatoms. The molecule has 0 radical (unpaired) electrons. The topological polar surface area (TPSA) is 88.2 Å². The molecule has 0 aliphatic heterocycles. The number of anilines is 2. The number of rotatable bonds is 8. The molecule has 4 aromatic rings. The lowest BCUT2D eigenvalue weighted by atomic mass is 10.2. The normalized spacial score (nSPS) is 11.3. The van der Waals surface area contributed by atoms with Crippen molar-refractivity contribution in [1.29, 1.82) is 0 Å². The average molecular weight is 565 g/mol. The molecule has 1 heterocycles. The predicted molar refractivity (Wildman–Crippen MR) is 145 cm³/mol. The number of thiazole rings is 1. The molecule has 0 spiro atoms. The molecule has 2 N–H and O–H groups in total. The second kappa shape index (κ2) is 11.0. The van der Waals surface area contributed by atoms with Gasteiger partial charge in [0.25, 0.3) is 10.0 Å². The third-order valence-corrected chi connectivity index (χ3v) is 8.68. The first-order valence-electron chi connectivity index (χ1n) is 10.2. The molecular formula is C24H19Cl2N3O3S3. The quantitative estimate of drug-likeness (QED) is 0.226. The Labute approximate surface area is 221 Å². The minimum Gasteiger partial charge on any atom is -0.301 e. The van der Waals surface area contributed by atoms with Gasteiger partial charge in [-0.1, -0.05) is 47.0 Å². The number of sulfonamides is 1. The van der Waals surface area contributed by atoms with Crippen molar-refractivity contribution < 1.29 is 13.2 Å². The first-order valence-corrected chi connectivity index (χ1v) is 14.3. The van der Waals surface area contributed by atoms with Gasteiger partial charge in [0.15, 0.2) is 5.13 Å². The summed E-state index contributed by atoms with van der Waals surface area (Å²) in [7, 11) is -3.67. The summed E-state index contributed by atoms with van der Waals surface area (Å²) in [6.07, 6.45) is 0. The molecule has 0 saturated carbocycles. The van der Waals surface area contributed by atoms with Gasteiger partial charge in [-0.15, -0.1) is 23.1 Å². The van der Waals surface area contributed by atoms with Crippen LogP contribution in [0.5, 0.6) is 0 Å². The van der Waals surface area contributed by atoms with E-state index in [2.05, 4.69) is 15.0 Å². The van der Waals surface area contributed by atoms with Crippen LogP contribution in [0.4, 0.5) is 10.8 Å². The Morgan fingerprint density at radius 3 is 2.40 bits per heavy atom. The summed E-state index contributed by atoms with van der Waals surface area (Å²) < 4.78 is 27.6. The van der Waals surface area contributed by atoms with Gasteiger partial charge in [-0.25, -0.2) is 13.4 Å². The van der Waals surface area contributed by atoms with E-state index < -0.39 is 10.0 Å². The van der Waals surface area contributed by atoms with Crippen LogP contribution >= 0.6 is 46.3 Å². The molecule has 35 heavy (non-hydrogen) atoms. The molecule has 0 saturated heterocycles. The predicted octanol–water partition coefficient (Wildman–Crippen LogP) is 6.96. The average Bonchev–Trinajstić information content (AvgIpc) is 3.29. The second-order valence-electron chi connectivity index (χ2n) is 7.45. The van der Waals surface area contributed by atoms with Crippen molar-refractivity contribution in [2.45, 2.75) is 16.7 Å². The molecule has 1 amide bonds. The molecule has 0 unspecified atom stereocenters. The van der Waals surface area contributed by atoms with Gasteiger partial charge >= 0.3 is 0 Å². The van der Waals surface area contributed by atoms with Crippen LogP contribution in [-0.4, -0.2) is 25.1 Å². The lowest BCUT2D eigenvalue weighted by Crippen LogP contribution is -2.14. The van der Waals surface area contributed by atoms with Crippen LogP contribution in [0.15, 0.2) is 81.9 Å². The highest BCUT2D eigenvalue weighted by atomic mass is 35.5. The van der Waals surface area contributed by atoms with Crippen LogP contribution in [0.25, 0.3) is 11.3 Å². The maximum absolute atomic E-state index is 12.5. The highest BCUT2D eigenvalue weighted by Crippen LogP contribution is 2.30. The summed E-state index contributed by atoms with van der Waals surface area (Å²) >= 11 is 14.7. The van der Waals surface area contributed by atoms with E-state index in [9.17, 15) is 13.2 Å². The van der Waals surface area contributed by atoms with Crippen molar-refractivity contribution >= 4 is 73.0 Å². The Kier molecular flexibility index (Phi) is 8.03. The van der Waals surface area contributed by atoms with E-state index >= 15 is 0 Å². The van der Waals surface area contributed by atoms with E-state index in [1.165, 1.54) is 23.1 Å². The maximum atomic E-state index is 12.5. The Hall–Kier alpha value is -2.56. The van der Waals surface area contributed by atoms with Crippen LogP contribution < -0.4 is 10.0 Å². The van der Waals surface area contributed by atoms with Crippen molar-refractivity contribution in [3.63, 3.8) is 0 Å². The van der Waals surface area contributed by atoms with Crippen LogP contribution in [0.1, 0.15) is 5.56 Å². The summed E-state index contributed by atoms with van der Waals surface area (Å²) in [6, 6.07) is 18.7. The van der Waals surface area contributed by atoms with Gasteiger partial charge < -0.3 is 5.32 Å². The van der Waals surface area contributed by atoms with Crippen LogP contribution in [-0.2, 0) is 14.8 Å². The number of benzene rings is 3. The van der Waals surface area contributed by atoms with Gasteiger partial charge in [-0.05, 0) is 55.5 Å². The van der Waals surface area contributed by atoms with E-state index in [1.54, 1.807) is 60.7 Å². The zero-order valence-corrected chi connectivity index (χ0v) is 22.2. The number of aromatic nitrogens is 1. The first kappa shape index (κ1) is 25.5. The Morgan fingerprint density at radius 1 is 1.00 bits per heavy atom. The molecule has 1 aromatic heterocycles. The van der Waals surface area contributed by atoms with Gasteiger partial charge in [0.1, 0.15) is 0 Å². The molecule has 0 aliphatic rings. The molecule has 0 fully saturated rings. The summed E-state index contributed by atoms with van der Waals surface area (Å²) in [5.41, 5.74) is 2.93. The van der Waals surface area contributed by atoms with Crippen molar-refractivity contribution in [3.05, 3.63) is 87.7 Å². The third-order valence-electron chi connectivity index (χ3n) is 4.77. The summed E-state index contributed by atoms with van der Waals surface area (Å²) in [5.74, 6) is -0.0231. The van der Waals surface area contributed by atoms with E-state index in [-0.39, 0.29) is 16.6 Å². The fourth-order valence-electron chi connectivity index (χ4n) is 2.97. The minimum absolute atomic E-state index is 0.177. The van der Waals surface area contributed by atoms with Crippen LogP contribution in [0, 0.1) is 6.92 Å². The zero-order valence-electron chi connectivity index (χ0n) is 18.3. The smallest absolute Gasteiger partial charge is 0.261 e. The van der Waals surface area contributed by atoms with Gasteiger partial charge in [-0.3, -0.25) is 9.52 Å². The summed E-state index contributed by atoms with van der Waals surface area (Å²) in [5, 5.41) is 6.01. The number of carbonyl (C=O) groups is 1. The van der Waals surface area contributed by atoms with E-state index in [1.807, 2.05) is 18.4 Å². The first-order chi connectivity index (χ1) is 16.7. The molecule has 3 aromatic carbocycles. The van der Waals surface area contributed by atoms with Gasteiger partial charge in [0.2, 0.25) is 5.91 Å². The number of nitrogens with zero attached hydrogens (tertiary/aromatic N) is 1. The number of nitrogens with one attached hydrogen (secondary N) is 2. The number of thioether (sulfide) groups is 1. The minimum atomic E-state index is -3.67. The van der Waals surface area contributed by atoms with Crippen molar-refractivity contribution in [1.82, 2.24) is 4.98 Å². The molecule has 180 valence electrons. The number of aryl methyl sites for hydroxylation is 1. The van der Waals surface area contributed by atoms with Crippen LogP contribution in [0.2, 0.25) is 10.0 Å². The lowest BCUT2D eigenvalue weighted by molar-refractivity contribution is -0.113. The third kappa shape index (κ3) is 6.77. The summed E-state index contributed by atoms with van der Waals surface area (Å²) in [4.78, 5) is 17.8. The lowest BCUT2D eigenvalue weighted by Gasteiger charge is -2.09. The number of amides is 1. The number of carbonyl (C=O) groups excluding carboxylic acids is 1. The second-order valence-corrected chi connectivity index (χ2v) is 11.9. The maximum Gasteiger partial charge on any atom is 0.261 e. The Bertz CT molecular complexity index is 1460. The molecule has 0 bridgehead atoms. The molecule has 6 nitrogen and oxygen atoms in total. The molecule has 0 atom stereocenters. The van der Waals surface area contributed by atoms with Crippen molar-refractivity contribution in [2.24, 2.45) is 0 Å². The molecule has 0 aliphatic carbocycles. The standard InChI is InChI=1S/C24H19Cl2N3O3S3/c1-15-2-9-19(10-3-15)35(31,32)29-17-5-7-18(8-6-17)33-14-23(30)28-24-27-22(13-34-24)16-4-11-20(25)21(26)12-16/h2-13,29H,14H2,1H3,(H,27,28,30). The fourth-order valence-corrected chi connectivity index (χ4v) is 5.77. The van der Waals surface area contributed by atoms with Crippen LogP contribution in [0.3, 0.4) is 0 Å². The zero-order chi connectivity index (χ0) is 25.0.